The van der Waals surface area contributed by atoms with Crippen LogP contribution >= 0.6 is 0 Å². The number of hydrogen-bond donors (Lipinski definition) is 0. The number of carbonyl (C=O) groups is 2. The van der Waals surface area contributed by atoms with Crippen molar-refractivity contribution < 1.29 is 18.7 Å². The highest BCUT2D eigenvalue weighted by atomic mass is 19.1. The van der Waals surface area contributed by atoms with Gasteiger partial charge in [0.1, 0.15) is 18.1 Å². The molecule has 5 nitrogen and oxygen atoms in total. The first kappa shape index (κ1) is 14.8. The summed E-state index contributed by atoms with van der Waals surface area (Å²) in [5.41, 5.74) is 0.328. The maximum Gasteiger partial charge on any atom is 0.265 e. The van der Waals surface area contributed by atoms with E-state index in [-0.39, 0.29) is 25.0 Å². The van der Waals surface area contributed by atoms with E-state index in [1.54, 1.807) is 4.90 Å². The van der Waals surface area contributed by atoms with Gasteiger partial charge in [-0.2, -0.15) is 0 Å². The Kier molecular flexibility index (Phi) is 4.00. The molecule has 1 aromatic rings. The maximum absolute atomic E-state index is 13.4. The minimum atomic E-state index is -0.457. The summed E-state index contributed by atoms with van der Waals surface area (Å²) in [4.78, 5) is 27.6. The summed E-state index contributed by atoms with van der Waals surface area (Å²) in [6.07, 6.45) is 2.10. The molecule has 2 aliphatic rings. The van der Waals surface area contributed by atoms with Gasteiger partial charge in [-0.15, -0.1) is 0 Å². The predicted octanol–water partition coefficient (Wildman–Crippen LogP) is 1.81. The highest BCUT2D eigenvalue weighted by molar-refractivity contribution is 6.02. The first-order valence-electron chi connectivity index (χ1n) is 7.55. The number of halogens is 1. The van der Waals surface area contributed by atoms with Gasteiger partial charge in [-0.1, -0.05) is 6.92 Å². The molecule has 3 rings (SSSR count). The van der Waals surface area contributed by atoms with Crippen LogP contribution in [0.5, 0.6) is 5.75 Å². The summed E-state index contributed by atoms with van der Waals surface area (Å²) in [5.74, 6) is 0.0262. The quantitative estimate of drug-likeness (QED) is 0.837. The van der Waals surface area contributed by atoms with E-state index >= 15 is 0 Å². The van der Waals surface area contributed by atoms with Gasteiger partial charge in [0.2, 0.25) is 5.91 Å². The molecule has 2 amide bonds. The van der Waals surface area contributed by atoms with E-state index in [1.165, 1.54) is 23.1 Å². The molecule has 0 saturated carbocycles. The zero-order valence-corrected chi connectivity index (χ0v) is 12.5. The fourth-order valence-corrected chi connectivity index (χ4v) is 3.00. The topological polar surface area (TPSA) is 49.9 Å². The zero-order chi connectivity index (χ0) is 15.7. The minimum Gasteiger partial charge on any atom is -0.482 e. The highest BCUT2D eigenvalue weighted by Crippen LogP contribution is 2.32. The van der Waals surface area contributed by atoms with Gasteiger partial charge in [0, 0.05) is 19.2 Å². The van der Waals surface area contributed by atoms with Gasteiger partial charge >= 0.3 is 0 Å². The fraction of sp³-hybridized carbons (Fsp3) is 0.500. The van der Waals surface area contributed by atoms with Crippen LogP contribution in [0.3, 0.4) is 0 Å². The number of rotatable bonds is 2. The maximum atomic E-state index is 13.4. The highest BCUT2D eigenvalue weighted by Gasteiger charge is 2.30. The van der Waals surface area contributed by atoms with Crippen molar-refractivity contribution in [2.24, 2.45) is 5.92 Å². The second-order valence-corrected chi connectivity index (χ2v) is 5.97. The first-order chi connectivity index (χ1) is 10.5. The molecular weight excluding hydrogens is 287 g/mol. The largest absolute Gasteiger partial charge is 0.482 e. The lowest BCUT2D eigenvalue weighted by Crippen LogP contribution is -2.48. The van der Waals surface area contributed by atoms with Crippen molar-refractivity contribution in [2.45, 2.75) is 19.8 Å². The van der Waals surface area contributed by atoms with E-state index in [4.69, 9.17) is 4.74 Å². The Bertz CT molecular complexity index is 605. The van der Waals surface area contributed by atoms with Crippen molar-refractivity contribution in [1.82, 2.24) is 4.90 Å². The molecule has 1 atom stereocenters. The molecule has 0 spiro atoms. The van der Waals surface area contributed by atoms with Crippen molar-refractivity contribution in [3.05, 3.63) is 24.0 Å². The number of carbonyl (C=O) groups excluding carboxylic acids is 2. The normalized spacial score (nSPS) is 21.4. The Morgan fingerprint density at radius 2 is 2.27 bits per heavy atom. The summed E-state index contributed by atoms with van der Waals surface area (Å²) in [6.45, 7) is 3.36. The van der Waals surface area contributed by atoms with E-state index in [2.05, 4.69) is 6.92 Å². The van der Waals surface area contributed by atoms with Crippen LogP contribution in [-0.4, -0.2) is 43.0 Å². The van der Waals surface area contributed by atoms with Crippen LogP contribution in [0.15, 0.2) is 18.2 Å². The molecular formula is C16H19FN2O3. The Labute approximate surface area is 128 Å². The Morgan fingerprint density at radius 1 is 1.45 bits per heavy atom. The van der Waals surface area contributed by atoms with Crippen LogP contribution in [0.25, 0.3) is 0 Å². The summed E-state index contributed by atoms with van der Waals surface area (Å²) < 4.78 is 18.7. The standard InChI is InChI=1S/C16H19FN2O3/c1-11-3-2-6-18(8-11)15(20)9-19-13-7-12(17)4-5-14(13)22-10-16(19)21/h4-5,7,11H,2-3,6,8-10H2,1H3. The van der Waals surface area contributed by atoms with Crippen LogP contribution in [0.4, 0.5) is 10.1 Å². The molecule has 0 aliphatic carbocycles. The lowest BCUT2D eigenvalue weighted by Gasteiger charge is -2.34. The fourth-order valence-electron chi connectivity index (χ4n) is 3.00. The van der Waals surface area contributed by atoms with Crippen molar-refractivity contribution in [1.29, 1.82) is 0 Å². The third-order valence-electron chi connectivity index (χ3n) is 4.17. The van der Waals surface area contributed by atoms with Gasteiger partial charge in [-0.05, 0) is 30.9 Å². The average molecular weight is 306 g/mol. The molecule has 0 aromatic heterocycles. The molecule has 1 saturated heterocycles. The van der Waals surface area contributed by atoms with Gasteiger partial charge in [-0.3, -0.25) is 14.5 Å². The van der Waals surface area contributed by atoms with Crippen LogP contribution in [-0.2, 0) is 9.59 Å². The summed E-state index contributed by atoms with van der Waals surface area (Å²) in [6, 6.07) is 4.00. The summed E-state index contributed by atoms with van der Waals surface area (Å²) >= 11 is 0. The Balaban J connectivity index is 1.78. The van der Waals surface area contributed by atoms with E-state index < -0.39 is 5.82 Å². The molecule has 1 fully saturated rings. The van der Waals surface area contributed by atoms with E-state index in [0.717, 1.165) is 19.4 Å². The second kappa shape index (κ2) is 5.94. The summed E-state index contributed by atoms with van der Waals surface area (Å²) in [5, 5.41) is 0. The van der Waals surface area contributed by atoms with Crippen LogP contribution in [0.1, 0.15) is 19.8 Å². The number of nitrogens with zero attached hydrogens (tertiary/aromatic N) is 2. The molecule has 1 aromatic carbocycles. The smallest absolute Gasteiger partial charge is 0.265 e. The molecule has 118 valence electrons. The number of fused-ring (bicyclic) bond motifs is 1. The molecule has 0 bridgehead atoms. The number of piperidine rings is 1. The van der Waals surface area contributed by atoms with Gasteiger partial charge in [0.25, 0.3) is 5.91 Å². The Morgan fingerprint density at radius 3 is 3.05 bits per heavy atom. The zero-order valence-electron chi connectivity index (χ0n) is 12.5. The second-order valence-electron chi connectivity index (χ2n) is 5.97. The molecule has 2 heterocycles. The number of benzene rings is 1. The first-order valence-corrected chi connectivity index (χ1v) is 7.55. The third-order valence-corrected chi connectivity index (χ3v) is 4.17. The van der Waals surface area contributed by atoms with Crippen molar-refractivity contribution in [2.75, 3.05) is 31.1 Å². The number of likely N-dealkylation sites (tertiary alicyclic amines) is 1. The van der Waals surface area contributed by atoms with Crippen LogP contribution in [0, 0.1) is 11.7 Å². The van der Waals surface area contributed by atoms with Gasteiger partial charge < -0.3 is 9.64 Å². The summed E-state index contributed by atoms with van der Waals surface area (Å²) in [7, 11) is 0. The van der Waals surface area contributed by atoms with E-state index in [9.17, 15) is 14.0 Å². The molecule has 1 unspecified atom stereocenters. The van der Waals surface area contributed by atoms with E-state index in [0.29, 0.717) is 23.9 Å². The molecule has 0 N–H and O–H groups in total. The molecule has 6 heteroatoms. The predicted molar refractivity (Wildman–Crippen MR) is 79.2 cm³/mol. The number of ether oxygens (including phenoxy) is 1. The van der Waals surface area contributed by atoms with Crippen molar-refractivity contribution >= 4 is 17.5 Å². The van der Waals surface area contributed by atoms with Crippen molar-refractivity contribution in [3.8, 4) is 5.75 Å². The molecule has 22 heavy (non-hydrogen) atoms. The lowest BCUT2D eigenvalue weighted by molar-refractivity contribution is -0.133. The number of hydrogen-bond acceptors (Lipinski definition) is 3. The monoisotopic (exact) mass is 306 g/mol. The lowest BCUT2D eigenvalue weighted by atomic mass is 10.0. The number of anilines is 1. The Hall–Kier alpha value is -2.11. The van der Waals surface area contributed by atoms with Crippen LogP contribution in [0.2, 0.25) is 0 Å². The minimum absolute atomic E-state index is 0.0641. The van der Waals surface area contributed by atoms with Crippen molar-refractivity contribution in [3.63, 3.8) is 0 Å². The SMILES string of the molecule is CC1CCCN(C(=O)CN2C(=O)COc3ccc(F)cc32)C1. The average Bonchev–Trinajstić information content (AvgIpc) is 2.50. The van der Waals surface area contributed by atoms with Gasteiger partial charge in [0.05, 0.1) is 5.69 Å². The number of amides is 2. The van der Waals surface area contributed by atoms with E-state index in [1.807, 2.05) is 0 Å². The molecule has 0 radical (unpaired) electrons. The van der Waals surface area contributed by atoms with Crippen LogP contribution < -0.4 is 9.64 Å². The van der Waals surface area contributed by atoms with Gasteiger partial charge in [0.15, 0.2) is 6.61 Å². The third kappa shape index (κ3) is 2.91. The van der Waals surface area contributed by atoms with Gasteiger partial charge in [-0.25, -0.2) is 4.39 Å². The molecule has 2 aliphatic heterocycles.